The Morgan fingerprint density at radius 2 is 1.89 bits per heavy atom. The molecule has 4 heteroatoms. The molecule has 0 spiro atoms. The van der Waals surface area contributed by atoms with Crippen LogP contribution in [0.2, 0.25) is 0 Å². The topological polar surface area (TPSA) is 58.4 Å². The number of hydrogen-bond acceptors (Lipinski definition) is 2. The summed E-state index contributed by atoms with van der Waals surface area (Å²) in [7, 11) is 1.85. The lowest BCUT2D eigenvalue weighted by Gasteiger charge is -2.37. The number of benzene rings is 1. The van der Waals surface area contributed by atoms with Gasteiger partial charge in [0.05, 0.1) is 5.54 Å². The molecule has 0 unspecified atom stereocenters. The van der Waals surface area contributed by atoms with Crippen molar-refractivity contribution in [2.24, 2.45) is 5.73 Å². The van der Waals surface area contributed by atoms with Gasteiger partial charge in [-0.3, -0.25) is 0 Å². The Morgan fingerprint density at radius 1 is 1.32 bits per heavy atom. The second-order valence-electron chi connectivity index (χ2n) is 5.49. The van der Waals surface area contributed by atoms with Gasteiger partial charge in [-0.1, -0.05) is 30.5 Å². The molecule has 1 aliphatic rings. The van der Waals surface area contributed by atoms with E-state index in [1.54, 1.807) is 4.90 Å². The molecule has 19 heavy (non-hydrogen) atoms. The molecule has 0 saturated heterocycles. The van der Waals surface area contributed by atoms with E-state index >= 15 is 0 Å². The second kappa shape index (κ2) is 5.61. The van der Waals surface area contributed by atoms with Gasteiger partial charge in [0, 0.05) is 19.3 Å². The minimum Gasteiger partial charge on any atom is -0.328 e. The first-order valence-corrected chi connectivity index (χ1v) is 6.89. The molecule has 1 fully saturated rings. The van der Waals surface area contributed by atoms with Gasteiger partial charge in [0.25, 0.3) is 0 Å². The molecular weight excluding hydrogens is 238 g/mol. The molecule has 3 N–H and O–H groups in total. The van der Waals surface area contributed by atoms with Gasteiger partial charge in [0.2, 0.25) is 0 Å². The van der Waals surface area contributed by atoms with Gasteiger partial charge in [0.15, 0.2) is 0 Å². The van der Waals surface area contributed by atoms with Gasteiger partial charge in [-0.05, 0) is 31.9 Å². The van der Waals surface area contributed by atoms with E-state index in [0.717, 1.165) is 31.4 Å². The molecule has 0 aromatic heterocycles. The van der Waals surface area contributed by atoms with Crippen LogP contribution in [0.5, 0.6) is 0 Å². The van der Waals surface area contributed by atoms with Crippen LogP contribution in [0.25, 0.3) is 0 Å². The summed E-state index contributed by atoms with van der Waals surface area (Å²) in [5.41, 5.74) is 7.75. The fraction of sp³-hybridized carbons (Fsp3) is 0.533. The van der Waals surface area contributed by atoms with E-state index < -0.39 is 0 Å². The van der Waals surface area contributed by atoms with Crippen molar-refractivity contribution in [2.45, 2.75) is 38.1 Å². The van der Waals surface area contributed by atoms with Crippen LogP contribution in [0, 0.1) is 6.92 Å². The van der Waals surface area contributed by atoms with Gasteiger partial charge in [-0.25, -0.2) is 4.79 Å². The summed E-state index contributed by atoms with van der Waals surface area (Å²) < 4.78 is 0. The lowest BCUT2D eigenvalue weighted by molar-refractivity contribution is 0.152. The van der Waals surface area contributed by atoms with Gasteiger partial charge in [-0.2, -0.15) is 0 Å². The van der Waals surface area contributed by atoms with Crippen molar-refractivity contribution in [2.75, 3.05) is 18.9 Å². The van der Waals surface area contributed by atoms with Crippen LogP contribution in [-0.2, 0) is 0 Å². The van der Waals surface area contributed by atoms with E-state index in [1.165, 1.54) is 5.56 Å². The minimum atomic E-state index is -0.158. The zero-order chi connectivity index (χ0) is 13.9. The molecule has 1 aromatic carbocycles. The molecule has 1 saturated carbocycles. The van der Waals surface area contributed by atoms with Crippen LogP contribution in [0.4, 0.5) is 10.5 Å². The average molecular weight is 261 g/mol. The van der Waals surface area contributed by atoms with E-state index in [1.807, 2.05) is 38.2 Å². The SMILES string of the molecule is Cc1ccc(NC(=O)N(C)C2(CN)CCCC2)cc1. The normalized spacial score (nSPS) is 17.2. The summed E-state index contributed by atoms with van der Waals surface area (Å²) in [6.45, 7) is 2.56. The number of nitrogens with one attached hydrogen (secondary N) is 1. The number of aryl methyl sites for hydroxylation is 1. The van der Waals surface area contributed by atoms with Crippen LogP contribution < -0.4 is 11.1 Å². The Bertz CT molecular complexity index is 435. The third-order valence-corrected chi connectivity index (χ3v) is 4.23. The number of likely N-dealkylation sites (N-methyl/N-ethyl adjacent to an activating group) is 1. The number of urea groups is 1. The second-order valence-corrected chi connectivity index (χ2v) is 5.49. The standard InChI is InChI=1S/C15H23N3O/c1-12-5-7-13(8-6-12)17-14(19)18(2)15(11-16)9-3-4-10-15/h5-8H,3-4,9-11,16H2,1-2H3,(H,17,19). The Balaban J connectivity index is 2.04. The lowest BCUT2D eigenvalue weighted by atomic mass is 9.96. The zero-order valence-electron chi connectivity index (χ0n) is 11.8. The summed E-state index contributed by atoms with van der Waals surface area (Å²) in [6.07, 6.45) is 4.31. The minimum absolute atomic E-state index is 0.0730. The first kappa shape index (κ1) is 13.9. The largest absolute Gasteiger partial charge is 0.328 e. The van der Waals surface area contributed by atoms with Crippen molar-refractivity contribution in [1.29, 1.82) is 0 Å². The number of carbonyl (C=O) groups is 1. The smallest absolute Gasteiger partial charge is 0.322 e. The highest BCUT2D eigenvalue weighted by molar-refractivity contribution is 5.89. The summed E-state index contributed by atoms with van der Waals surface area (Å²) in [5, 5.41) is 2.94. The van der Waals surface area contributed by atoms with E-state index in [9.17, 15) is 4.79 Å². The van der Waals surface area contributed by atoms with Crippen LogP contribution >= 0.6 is 0 Å². The summed E-state index contributed by atoms with van der Waals surface area (Å²) in [5.74, 6) is 0. The highest BCUT2D eigenvalue weighted by Gasteiger charge is 2.38. The van der Waals surface area contributed by atoms with Gasteiger partial charge in [-0.15, -0.1) is 0 Å². The molecule has 0 bridgehead atoms. The van der Waals surface area contributed by atoms with Crippen molar-refractivity contribution in [3.8, 4) is 0 Å². The third-order valence-electron chi connectivity index (χ3n) is 4.23. The number of nitrogens with two attached hydrogens (primary N) is 1. The molecule has 0 atom stereocenters. The van der Waals surface area contributed by atoms with Crippen molar-refractivity contribution in [3.05, 3.63) is 29.8 Å². The number of amides is 2. The molecule has 1 aliphatic carbocycles. The molecule has 0 aliphatic heterocycles. The van der Waals surface area contributed by atoms with E-state index in [4.69, 9.17) is 5.73 Å². The Morgan fingerprint density at radius 3 is 2.42 bits per heavy atom. The highest BCUT2D eigenvalue weighted by atomic mass is 16.2. The number of nitrogens with zero attached hydrogens (tertiary/aromatic N) is 1. The predicted molar refractivity (Wildman–Crippen MR) is 78.2 cm³/mol. The van der Waals surface area contributed by atoms with E-state index in [2.05, 4.69) is 5.32 Å². The Kier molecular flexibility index (Phi) is 4.10. The average Bonchev–Trinajstić information content (AvgIpc) is 2.90. The number of hydrogen-bond donors (Lipinski definition) is 2. The van der Waals surface area contributed by atoms with Crippen molar-refractivity contribution in [1.82, 2.24) is 4.90 Å². The molecule has 1 aromatic rings. The third kappa shape index (κ3) is 2.89. The summed E-state index contributed by atoms with van der Waals surface area (Å²) >= 11 is 0. The van der Waals surface area contributed by atoms with Crippen LogP contribution in [-0.4, -0.2) is 30.1 Å². The maximum absolute atomic E-state index is 12.3. The highest BCUT2D eigenvalue weighted by Crippen LogP contribution is 2.33. The molecule has 104 valence electrons. The van der Waals surface area contributed by atoms with Gasteiger partial charge in [0.1, 0.15) is 0 Å². The maximum Gasteiger partial charge on any atom is 0.322 e. The van der Waals surface area contributed by atoms with Crippen LogP contribution in [0.15, 0.2) is 24.3 Å². The number of rotatable bonds is 3. The van der Waals surface area contributed by atoms with E-state index in [-0.39, 0.29) is 11.6 Å². The van der Waals surface area contributed by atoms with Crippen LogP contribution in [0.3, 0.4) is 0 Å². The first-order chi connectivity index (χ1) is 9.07. The molecule has 4 nitrogen and oxygen atoms in total. The van der Waals surface area contributed by atoms with Crippen LogP contribution in [0.1, 0.15) is 31.2 Å². The fourth-order valence-electron chi connectivity index (χ4n) is 2.77. The summed E-state index contributed by atoms with van der Waals surface area (Å²) in [4.78, 5) is 14.1. The van der Waals surface area contributed by atoms with Crippen molar-refractivity contribution in [3.63, 3.8) is 0 Å². The van der Waals surface area contributed by atoms with Gasteiger partial charge >= 0.3 is 6.03 Å². The first-order valence-electron chi connectivity index (χ1n) is 6.89. The molecular formula is C15H23N3O. The molecule has 2 rings (SSSR count). The van der Waals surface area contributed by atoms with E-state index in [0.29, 0.717) is 6.54 Å². The zero-order valence-corrected chi connectivity index (χ0v) is 11.8. The fourth-order valence-corrected chi connectivity index (χ4v) is 2.77. The van der Waals surface area contributed by atoms with Crippen molar-refractivity contribution < 1.29 is 4.79 Å². The lowest BCUT2D eigenvalue weighted by Crippen LogP contribution is -2.53. The number of carbonyl (C=O) groups excluding carboxylic acids is 1. The van der Waals surface area contributed by atoms with Crippen molar-refractivity contribution >= 4 is 11.7 Å². The molecule has 0 heterocycles. The monoisotopic (exact) mass is 261 g/mol. The quantitative estimate of drug-likeness (QED) is 0.879. The molecule has 2 amide bonds. The molecule has 0 radical (unpaired) electrons. The van der Waals surface area contributed by atoms with Gasteiger partial charge < -0.3 is 16.0 Å². The number of anilines is 1. The summed E-state index contributed by atoms with van der Waals surface area (Å²) in [6, 6.07) is 7.75. The predicted octanol–water partition coefficient (Wildman–Crippen LogP) is 2.73. The Hall–Kier alpha value is -1.55. The maximum atomic E-state index is 12.3. The Labute approximate surface area is 115 Å².